The molecule has 0 rings (SSSR count). The maximum Gasteiger partial charge on any atom is 0.417 e. The maximum atomic E-state index is 12.1. The molecule has 0 fully saturated rings. The Kier molecular flexibility index (Phi) is 5.26. The molecule has 0 saturated carbocycles. The fraction of sp³-hybridized carbons (Fsp3) is 0.786. The second-order valence-corrected chi connectivity index (χ2v) is 6.55. The smallest absolute Gasteiger partial charge is 0.417 e. The highest BCUT2D eigenvalue weighted by atomic mass is 16.6. The molecule has 0 heterocycles. The van der Waals surface area contributed by atoms with Crippen molar-refractivity contribution in [1.82, 2.24) is 4.90 Å². The summed E-state index contributed by atoms with van der Waals surface area (Å²) in [5.74, 6) is 0.312. The number of rotatable bonds is 3. The summed E-state index contributed by atoms with van der Waals surface area (Å²) in [6.07, 6.45) is -0.438. The highest BCUT2D eigenvalue weighted by Crippen LogP contribution is 2.20. The van der Waals surface area contributed by atoms with E-state index in [9.17, 15) is 4.79 Å². The molecule has 0 aliphatic rings. The number of nitrogens with zero attached hydrogens (tertiary/aromatic N) is 1. The molecule has 0 N–H and O–H groups in total. The van der Waals surface area contributed by atoms with Gasteiger partial charge in [0.1, 0.15) is 11.2 Å². The molecule has 0 aromatic rings. The van der Waals surface area contributed by atoms with Crippen LogP contribution in [0.1, 0.15) is 55.4 Å². The van der Waals surface area contributed by atoms with Gasteiger partial charge >= 0.3 is 6.09 Å². The first-order chi connectivity index (χ1) is 7.83. The third kappa shape index (κ3) is 6.52. The van der Waals surface area contributed by atoms with Gasteiger partial charge in [0.15, 0.2) is 5.88 Å². The second-order valence-electron chi connectivity index (χ2n) is 6.55. The van der Waals surface area contributed by atoms with Gasteiger partial charge in [0.25, 0.3) is 0 Å². The number of carbonyl (C=O) groups is 1. The predicted molar refractivity (Wildman–Crippen MR) is 73.2 cm³/mol. The summed E-state index contributed by atoms with van der Waals surface area (Å²) >= 11 is 0. The monoisotopic (exact) mass is 257 g/mol. The van der Waals surface area contributed by atoms with Gasteiger partial charge in [-0.2, -0.15) is 0 Å². The van der Waals surface area contributed by atoms with Gasteiger partial charge in [0.05, 0.1) is 0 Å². The second kappa shape index (κ2) is 5.63. The molecule has 4 heteroatoms. The van der Waals surface area contributed by atoms with E-state index in [1.165, 1.54) is 4.90 Å². The summed E-state index contributed by atoms with van der Waals surface area (Å²) < 4.78 is 11.0. The number of ether oxygens (including phenoxy) is 2. The summed E-state index contributed by atoms with van der Waals surface area (Å²) in [4.78, 5) is 13.5. The molecule has 0 atom stereocenters. The van der Waals surface area contributed by atoms with Crippen molar-refractivity contribution in [2.75, 3.05) is 0 Å². The third-order valence-corrected chi connectivity index (χ3v) is 1.80. The van der Waals surface area contributed by atoms with E-state index in [0.717, 1.165) is 0 Å². The van der Waals surface area contributed by atoms with Crippen LogP contribution in [0.15, 0.2) is 12.5 Å². The first kappa shape index (κ1) is 16.8. The van der Waals surface area contributed by atoms with E-state index in [1.54, 1.807) is 0 Å². The average Bonchev–Trinajstić information content (AvgIpc) is 1.93. The normalized spacial score (nSPS) is 12.3. The van der Waals surface area contributed by atoms with Gasteiger partial charge in [0, 0.05) is 6.04 Å². The SMILES string of the molecule is C=C(OC(C)(C)C)N(C(=O)OC(C)(C)C)C(C)C. The summed E-state index contributed by atoms with van der Waals surface area (Å²) in [6.45, 7) is 18.8. The summed E-state index contributed by atoms with van der Waals surface area (Å²) in [6, 6.07) is -0.0744. The van der Waals surface area contributed by atoms with Gasteiger partial charge in [-0.3, -0.25) is 0 Å². The molecular formula is C14H27NO3. The molecule has 0 aliphatic carbocycles. The van der Waals surface area contributed by atoms with Gasteiger partial charge in [-0.15, -0.1) is 0 Å². The van der Waals surface area contributed by atoms with Crippen LogP contribution >= 0.6 is 0 Å². The van der Waals surface area contributed by atoms with Crippen LogP contribution in [0.5, 0.6) is 0 Å². The largest absolute Gasteiger partial charge is 0.473 e. The Labute approximate surface area is 111 Å². The molecular weight excluding hydrogens is 230 g/mol. The van der Waals surface area contributed by atoms with Crippen molar-refractivity contribution in [3.8, 4) is 0 Å². The van der Waals surface area contributed by atoms with Crippen LogP contribution in [0.25, 0.3) is 0 Å². The Hall–Kier alpha value is -1.19. The lowest BCUT2D eigenvalue weighted by Gasteiger charge is -2.33. The number of hydrogen-bond acceptors (Lipinski definition) is 3. The van der Waals surface area contributed by atoms with Crippen molar-refractivity contribution < 1.29 is 14.3 Å². The Bertz CT molecular complexity index is 280. The third-order valence-electron chi connectivity index (χ3n) is 1.80. The zero-order chi connectivity index (χ0) is 14.7. The standard InChI is InChI=1S/C14H27NO3/c1-10(2)15(11(3)17-13(4,5)6)12(16)18-14(7,8)9/h10H,3H2,1-2,4-9H3. The molecule has 0 bridgehead atoms. The van der Waals surface area contributed by atoms with E-state index in [4.69, 9.17) is 9.47 Å². The van der Waals surface area contributed by atoms with Gasteiger partial charge in [0.2, 0.25) is 0 Å². The van der Waals surface area contributed by atoms with E-state index in [0.29, 0.717) is 5.88 Å². The fourth-order valence-corrected chi connectivity index (χ4v) is 1.31. The van der Waals surface area contributed by atoms with E-state index in [1.807, 2.05) is 55.4 Å². The van der Waals surface area contributed by atoms with E-state index in [-0.39, 0.29) is 6.04 Å². The fourth-order valence-electron chi connectivity index (χ4n) is 1.31. The van der Waals surface area contributed by atoms with Crippen molar-refractivity contribution in [2.24, 2.45) is 0 Å². The Morgan fingerprint density at radius 3 is 1.67 bits per heavy atom. The molecule has 4 nitrogen and oxygen atoms in total. The highest BCUT2D eigenvalue weighted by molar-refractivity contribution is 5.70. The highest BCUT2D eigenvalue weighted by Gasteiger charge is 2.28. The van der Waals surface area contributed by atoms with Crippen molar-refractivity contribution in [3.05, 3.63) is 12.5 Å². The van der Waals surface area contributed by atoms with Crippen molar-refractivity contribution in [1.29, 1.82) is 0 Å². The van der Waals surface area contributed by atoms with E-state index >= 15 is 0 Å². The van der Waals surface area contributed by atoms with Gasteiger partial charge in [-0.1, -0.05) is 0 Å². The minimum atomic E-state index is -0.535. The van der Waals surface area contributed by atoms with Crippen molar-refractivity contribution in [2.45, 2.75) is 72.6 Å². The lowest BCUT2D eigenvalue weighted by Crippen LogP contribution is -2.42. The average molecular weight is 257 g/mol. The van der Waals surface area contributed by atoms with Crippen molar-refractivity contribution in [3.63, 3.8) is 0 Å². The zero-order valence-electron chi connectivity index (χ0n) is 13.0. The Morgan fingerprint density at radius 2 is 1.39 bits per heavy atom. The molecule has 0 saturated heterocycles. The predicted octanol–water partition coefficient (Wildman–Crippen LogP) is 3.92. The molecule has 1 amide bonds. The van der Waals surface area contributed by atoms with E-state index in [2.05, 4.69) is 6.58 Å². The van der Waals surface area contributed by atoms with Crippen LogP contribution in [0.4, 0.5) is 4.79 Å². The molecule has 0 aromatic carbocycles. The first-order valence-electron chi connectivity index (χ1n) is 6.23. The van der Waals surface area contributed by atoms with Crippen LogP contribution in [-0.4, -0.2) is 28.2 Å². The molecule has 0 spiro atoms. The van der Waals surface area contributed by atoms with E-state index < -0.39 is 17.3 Å². The first-order valence-corrected chi connectivity index (χ1v) is 6.23. The molecule has 18 heavy (non-hydrogen) atoms. The van der Waals surface area contributed by atoms with Crippen LogP contribution in [0.2, 0.25) is 0 Å². The van der Waals surface area contributed by atoms with Gasteiger partial charge < -0.3 is 9.47 Å². The Morgan fingerprint density at radius 1 is 1.00 bits per heavy atom. The van der Waals surface area contributed by atoms with Crippen LogP contribution < -0.4 is 0 Å². The number of hydrogen-bond donors (Lipinski definition) is 0. The molecule has 0 radical (unpaired) electrons. The summed E-state index contributed by atoms with van der Waals surface area (Å²) in [5.41, 5.74) is -0.932. The molecule has 0 aliphatic heterocycles. The lowest BCUT2D eigenvalue weighted by atomic mass is 10.2. The number of amides is 1. The Balaban J connectivity index is 4.88. The minimum absolute atomic E-state index is 0.0744. The zero-order valence-corrected chi connectivity index (χ0v) is 13.0. The topological polar surface area (TPSA) is 38.8 Å². The molecule has 0 unspecified atom stereocenters. The molecule has 106 valence electrons. The number of carbonyl (C=O) groups excluding carboxylic acids is 1. The summed E-state index contributed by atoms with van der Waals surface area (Å²) in [5, 5.41) is 0. The van der Waals surface area contributed by atoms with Crippen molar-refractivity contribution >= 4 is 6.09 Å². The van der Waals surface area contributed by atoms with Gasteiger partial charge in [-0.25, -0.2) is 9.69 Å². The molecule has 0 aromatic heterocycles. The maximum absolute atomic E-state index is 12.1. The van der Waals surface area contributed by atoms with Gasteiger partial charge in [-0.05, 0) is 62.0 Å². The van der Waals surface area contributed by atoms with Crippen LogP contribution in [-0.2, 0) is 9.47 Å². The lowest BCUT2D eigenvalue weighted by molar-refractivity contribution is -0.0236. The summed E-state index contributed by atoms with van der Waals surface area (Å²) in [7, 11) is 0. The van der Waals surface area contributed by atoms with Crippen LogP contribution in [0, 0.1) is 0 Å². The van der Waals surface area contributed by atoms with Crippen LogP contribution in [0.3, 0.4) is 0 Å². The minimum Gasteiger partial charge on any atom is -0.473 e. The quantitative estimate of drug-likeness (QED) is 0.719.